The molecule has 1 fully saturated rings. The minimum atomic E-state index is -0.355. The van der Waals surface area contributed by atoms with Crippen molar-refractivity contribution < 1.29 is 9.18 Å². The fourth-order valence-electron chi connectivity index (χ4n) is 3.36. The van der Waals surface area contributed by atoms with Gasteiger partial charge in [0, 0.05) is 30.9 Å². The number of piperidine rings is 1. The first-order valence-corrected chi connectivity index (χ1v) is 10.1. The SMILES string of the molecule is O=C(NC1CCN(c2nccc(Nc3ccccc3Cl)n2)CC1)c1ccc(F)cc1. The molecule has 1 aromatic heterocycles. The Morgan fingerprint density at radius 2 is 1.80 bits per heavy atom. The van der Waals surface area contributed by atoms with Crippen LogP contribution in [0, 0.1) is 5.82 Å². The number of anilines is 3. The largest absolute Gasteiger partial charge is 0.349 e. The van der Waals surface area contributed by atoms with E-state index in [2.05, 4.69) is 25.5 Å². The van der Waals surface area contributed by atoms with Crippen molar-refractivity contribution in [3.63, 3.8) is 0 Å². The van der Waals surface area contributed by atoms with Crippen molar-refractivity contribution in [3.05, 3.63) is 77.2 Å². The number of halogens is 2. The fourth-order valence-corrected chi connectivity index (χ4v) is 3.55. The molecule has 8 heteroatoms. The third kappa shape index (κ3) is 4.86. The third-order valence-corrected chi connectivity index (χ3v) is 5.33. The highest BCUT2D eigenvalue weighted by atomic mass is 35.5. The van der Waals surface area contributed by atoms with E-state index >= 15 is 0 Å². The second-order valence-electron chi connectivity index (χ2n) is 7.09. The van der Waals surface area contributed by atoms with Gasteiger partial charge in [-0.1, -0.05) is 23.7 Å². The molecule has 0 aliphatic carbocycles. The van der Waals surface area contributed by atoms with Crippen LogP contribution in [0.4, 0.5) is 21.8 Å². The number of nitrogens with one attached hydrogen (secondary N) is 2. The lowest BCUT2D eigenvalue weighted by atomic mass is 10.0. The summed E-state index contributed by atoms with van der Waals surface area (Å²) in [5.74, 6) is 0.761. The Balaban J connectivity index is 1.34. The molecule has 0 atom stereocenters. The number of hydrogen-bond donors (Lipinski definition) is 2. The molecule has 0 unspecified atom stereocenters. The van der Waals surface area contributed by atoms with Crippen molar-refractivity contribution in [1.29, 1.82) is 0 Å². The summed E-state index contributed by atoms with van der Waals surface area (Å²) >= 11 is 6.20. The number of benzene rings is 2. The van der Waals surface area contributed by atoms with Gasteiger partial charge < -0.3 is 15.5 Å². The zero-order valence-electron chi connectivity index (χ0n) is 16.2. The Hall–Kier alpha value is -3.19. The first kappa shape index (κ1) is 20.1. The van der Waals surface area contributed by atoms with Gasteiger partial charge in [-0.25, -0.2) is 9.37 Å². The predicted molar refractivity (Wildman–Crippen MR) is 116 cm³/mol. The standard InChI is InChI=1S/C22H21ClFN5O/c23-18-3-1-2-4-19(18)27-20-9-12-25-22(28-20)29-13-10-17(11-14-29)26-21(30)15-5-7-16(24)8-6-15/h1-9,12,17H,10-11,13-14H2,(H,26,30)(H,25,27,28). The average Bonchev–Trinajstić information content (AvgIpc) is 2.76. The molecule has 0 radical (unpaired) electrons. The summed E-state index contributed by atoms with van der Waals surface area (Å²) in [5, 5.41) is 6.86. The van der Waals surface area contributed by atoms with Gasteiger partial charge in [0.2, 0.25) is 5.95 Å². The van der Waals surface area contributed by atoms with Crippen LogP contribution < -0.4 is 15.5 Å². The van der Waals surface area contributed by atoms with Crippen LogP contribution in [0.1, 0.15) is 23.2 Å². The summed E-state index contributed by atoms with van der Waals surface area (Å²) in [4.78, 5) is 23.4. The molecule has 0 saturated carbocycles. The van der Waals surface area contributed by atoms with Crippen molar-refractivity contribution >= 4 is 35.0 Å². The van der Waals surface area contributed by atoms with E-state index in [1.165, 1.54) is 24.3 Å². The average molecular weight is 426 g/mol. The Bertz CT molecular complexity index is 1020. The Kier molecular flexibility index (Phi) is 6.09. The van der Waals surface area contributed by atoms with Crippen molar-refractivity contribution in [2.75, 3.05) is 23.3 Å². The second kappa shape index (κ2) is 9.09. The molecule has 6 nitrogen and oxygen atoms in total. The van der Waals surface area contributed by atoms with E-state index in [0.29, 0.717) is 22.4 Å². The smallest absolute Gasteiger partial charge is 0.251 e. The lowest BCUT2D eigenvalue weighted by Gasteiger charge is -2.32. The highest BCUT2D eigenvalue weighted by Gasteiger charge is 2.23. The number of nitrogens with zero attached hydrogens (tertiary/aromatic N) is 3. The number of amides is 1. The molecule has 4 rings (SSSR count). The van der Waals surface area contributed by atoms with Crippen LogP contribution in [0.3, 0.4) is 0 Å². The molecular weight excluding hydrogens is 405 g/mol. The lowest BCUT2D eigenvalue weighted by molar-refractivity contribution is 0.0931. The third-order valence-electron chi connectivity index (χ3n) is 5.00. The van der Waals surface area contributed by atoms with Gasteiger partial charge in [-0.2, -0.15) is 4.98 Å². The van der Waals surface area contributed by atoms with E-state index in [-0.39, 0.29) is 17.8 Å². The van der Waals surface area contributed by atoms with Gasteiger partial charge >= 0.3 is 0 Å². The first-order chi connectivity index (χ1) is 14.6. The molecule has 3 aromatic rings. The number of carbonyl (C=O) groups is 1. The molecule has 2 heterocycles. The minimum Gasteiger partial charge on any atom is -0.349 e. The van der Waals surface area contributed by atoms with E-state index in [1.807, 2.05) is 24.3 Å². The highest BCUT2D eigenvalue weighted by Crippen LogP contribution is 2.25. The summed E-state index contributed by atoms with van der Waals surface area (Å²) in [7, 11) is 0. The maximum absolute atomic E-state index is 13.0. The number of rotatable bonds is 5. The van der Waals surface area contributed by atoms with E-state index in [4.69, 9.17) is 11.6 Å². The van der Waals surface area contributed by atoms with Crippen LogP contribution in [-0.4, -0.2) is 35.0 Å². The molecule has 0 bridgehead atoms. The minimum absolute atomic E-state index is 0.0586. The topological polar surface area (TPSA) is 70.2 Å². The van der Waals surface area contributed by atoms with E-state index in [0.717, 1.165) is 31.6 Å². The molecule has 30 heavy (non-hydrogen) atoms. The molecule has 1 amide bonds. The molecule has 2 N–H and O–H groups in total. The summed E-state index contributed by atoms with van der Waals surface area (Å²) in [6.45, 7) is 1.45. The molecule has 1 aliphatic heterocycles. The van der Waals surface area contributed by atoms with Crippen LogP contribution in [0.5, 0.6) is 0 Å². The maximum Gasteiger partial charge on any atom is 0.251 e. The van der Waals surface area contributed by atoms with Gasteiger partial charge in [0.05, 0.1) is 10.7 Å². The Morgan fingerprint density at radius 3 is 2.53 bits per heavy atom. The van der Waals surface area contributed by atoms with Gasteiger partial charge in [0.25, 0.3) is 5.91 Å². The summed E-state index contributed by atoms with van der Waals surface area (Å²) in [6, 6.07) is 14.9. The first-order valence-electron chi connectivity index (χ1n) is 9.74. The molecule has 2 aromatic carbocycles. The van der Waals surface area contributed by atoms with E-state index in [1.54, 1.807) is 12.3 Å². The van der Waals surface area contributed by atoms with Crippen molar-refractivity contribution in [3.8, 4) is 0 Å². The zero-order chi connectivity index (χ0) is 20.9. The van der Waals surface area contributed by atoms with Gasteiger partial charge in [0.15, 0.2) is 0 Å². The van der Waals surface area contributed by atoms with Crippen LogP contribution in [0.15, 0.2) is 60.8 Å². The van der Waals surface area contributed by atoms with Crippen LogP contribution in [0.25, 0.3) is 0 Å². The van der Waals surface area contributed by atoms with Crippen LogP contribution in [-0.2, 0) is 0 Å². The second-order valence-corrected chi connectivity index (χ2v) is 7.50. The quantitative estimate of drug-likeness (QED) is 0.633. The molecule has 154 valence electrons. The summed E-state index contributed by atoms with van der Waals surface area (Å²) < 4.78 is 13.0. The van der Waals surface area contributed by atoms with Crippen molar-refractivity contribution in [2.24, 2.45) is 0 Å². The van der Waals surface area contributed by atoms with Crippen molar-refractivity contribution in [2.45, 2.75) is 18.9 Å². The zero-order valence-corrected chi connectivity index (χ0v) is 16.9. The lowest BCUT2D eigenvalue weighted by Crippen LogP contribution is -2.45. The Morgan fingerprint density at radius 1 is 1.07 bits per heavy atom. The predicted octanol–water partition coefficient (Wildman–Crippen LogP) is 4.41. The van der Waals surface area contributed by atoms with E-state index < -0.39 is 0 Å². The number of para-hydroxylation sites is 1. The highest BCUT2D eigenvalue weighted by molar-refractivity contribution is 6.33. The van der Waals surface area contributed by atoms with E-state index in [9.17, 15) is 9.18 Å². The number of hydrogen-bond acceptors (Lipinski definition) is 5. The van der Waals surface area contributed by atoms with Gasteiger partial charge in [-0.15, -0.1) is 0 Å². The van der Waals surface area contributed by atoms with Crippen molar-refractivity contribution in [1.82, 2.24) is 15.3 Å². The van der Waals surface area contributed by atoms with Gasteiger partial charge in [-0.3, -0.25) is 4.79 Å². The summed E-state index contributed by atoms with van der Waals surface area (Å²) in [5.41, 5.74) is 1.24. The molecule has 1 saturated heterocycles. The molecule has 1 aliphatic rings. The monoisotopic (exact) mass is 425 g/mol. The maximum atomic E-state index is 13.0. The summed E-state index contributed by atoms with van der Waals surface area (Å²) in [6.07, 6.45) is 3.26. The molecular formula is C22H21ClFN5O. The number of carbonyl (C=O) groups excluding carboxylic acids is 1. The van der Waals surface area contributed by atoms with Crippen LogP contribution in [0.2, 0.25) is 5.02 Å². The van der Waals surface area contributed by atoms with Gasteiger partial charge in [-0.05, 0) is 55.3 Å². The Labute approximate surface area is 179 Å². The normalized spacial score (nSPS) is 14.4. The molecule has 0 spiro atoms. The van der Waals surface area contributed by atoms with Gasteiger partial charge in [0.1, 0.15) is 11.6 Å². The fraction of sp³-hybridized carbons (Fsp3) is 0.227. The van der Waals surface area contributed by atoms with Crippen LogP contribution >= 0.6 is 11.6 Å². The number of aromatic nitrogens is 2.